The maximum absolute atomic E-state index is 12.1. The molecule has 1 aromatic heterocycles. The first-order chi connectivity index (χ1) is 10.6. The van der Waals surface area contributed by atoms with Crippen LogP contribution in [-0.4, -0.2) is 35.1 Å². The molecule has 0 saturated heterocycles. The van der Waals surface area contributed by atoms with E-state index in [0.29, 0.717) is 16.6 Å². The van der Waals surface area contributed by atoms with Crippen LogP contribution in [0.25, 0.3) is 0 Å². The summed E-state index contributed by atoms with van der Waals surface area (Å²) in [6.45, 7) is 3.71. The van der Waals surface area contributed by atoms with E-state index in [1.54, 1.807) is 37.9 Å². The minimum Gasteiger partial charge on any atom is -0.493 e. The van der Waals surface area contributed by atoms with E-state index < -0.39 is 6.10 Å². The number of aromatic nitrogens is 2. The van der Waals surface area contributed by atoms with Gasteiger partial charge >= 0.3 is 0 Å². The number of nitrogens with one attached hydrogen (secondary N) is 1. The average molecular weight is 339 g/mol. The smallest absolute Gasteiger partial charge is 0.266 e. The Labute approximate surface area is 137 Å². The third kappa shape index (κ3) is 4.35. The van der Waals surface area contributed by atoms with Crippen LogP contribution in [-0.2, 0) is 4.79 Å². The summed E-state index contributed by atoms with van der Waals surface area (Å²) in [5.41, 5.74) is 0. The van der Waals surface area contributed by atoms with Gasteiger partial charge in [0.25, 0.3) is 5.91 Å². The van der Waals surface area contributed by atoms with Crippen LogP contribution in [0.1, 0.15) is 13.8 Å². The quantitative estimate of drug-likeness (QED) is 0.617. The molecule has 2 rings (SSSR count). The largest absolute Gasteiger partial charge is 0.493 e. The van der Waals surface area contributed by atoms with Crippen molar-refractivity contribution in [2.75, 3.05) is 18.2 Å². The lowest BCUT2D eigenvalue weighted by atomic mass is 10.3. The molecule has 0 aliphatic carbocycles. The average Bonchev–Trinajstić information content (AvgIpc) is 2.95. The van der Waals surface area contributed by atoms with Gasteiger partial charge in [-0.15, -0.1) is 10.2 Å². The summed E-state index contributed by atoms with van der Waals surface area (Å²) >= 11 is 2.93. The van der Waals surface area contributed by atoms with E-state index in [4.69, 9.17) is 9.47 Å². The van der Waals surface area contributed by atoms with Crippen LogP contribution in [0.2, 0.25) is 0 Å². The Bertz CT molecular complexity index is 633. The molecule has 1 atom stereocenters. The molecule has 0 saturated carbocycles. The van der Waals surface area contributed by atoms with E-state index in [-0.39, 0.29) is 5.91 Å². The number of hydrogen-bond donors (Lipinski definition) is 1. The van der Waals surface area contributed by atoms with Gasteiger partial charge in [-0.05, 0) is 24.8 Å². The van der Waals surface area contributed by atoms with Crippen LogP contribution < -0.4 is 14.8 Å². The van der Waals surface area contributed by atoms with E-state index in [9.17, 15) is 4.79 Å². The first kappa shape index (κ1) is 16.6. The molecule has 1 heterocycles. The lowest BCUT2D eigenvalue weighted by Gasteiger charge is -2.15. The molecule has 0 aliphatic rings. The second-order valence-corrected chi connectivity index (χ2v) is 6.69. The number of carbonyl (C=O) groups excluding carboxylic acids is 1. The molecule has 0 spiro atoms. The zero-order chi connectivity index (χ0) is 15.9. The SMILES string of the molecule is CCSc1nnc(NC(=O)C(C)Oc2ccccc2OC)s1. The van der Waals surface area contributed by atoms with Gasteiger partial charge in [-0.3, -0.25) is 10.1 Å². The zero-order valence-electron chi connectivity index (χ0n) is 12.5. The van der Waals surface area contributed by atoms with Crippen molar-refractivity contribution in [1.29, 1.82) is 0 Å². The summed E-state index contributed by atoms with van der Waals surface area (Å²) in [7, 11) is 1.56. The molecule has 6 nitrogen and oxygen atoms in total. The van der Waals surface area contributed by atoms with E-state index in [1.165, 1.54) is 11.3 Å². The fourth-order valence-electron chi connectivity index (χ4n) is 1.61. The number of anilines is 1. The molecule has 1 aromatic carbocycles. The molecule has 8 heteroatoms. The number of hydrogen-bond acceptors (Lipinski definition) is 7. The van der Waals surface area contributed by atoms with Gasteiger partial charge in [0.05, 0.1) is 7.11 Å². The van der Waals surface area contributed by atoms with Crippen LogP contribution in [0, 0.1) is 0 Å². The maximum atomic E-state index is 12.1. The summed E-state index contributed by atoms with van der Waals surface area (Å²) in [6.07, 6.45) is -0.678. The number of thioether (sulfide) groups is 1. The van der Waals surface area contributed by atoms with Crippen LogP contribution in [0.15, 0.2) is 28.6 Å². The number of methoxy groups -OCH3 is 1. The van der Waals surface area contributed by atoms with E-state index in [0.717, 1.165) is 10.1 Å². The van der Waals surface area contributed by atoms with Crippen molar-refractivity contribution in [1.82, 2.24) is 10.2 Å². The molecule has 0 bridgehead atoms. The van der Waals surface area contributed by atoms with Gasteiger partial charge in [0.2, 0.25) is 5.13 Å². The Kier molecular flexibility index (Phi) is 6.02. The molecule has 22 heavy (non-hydrogen) atoms. The van der Waals surface area contributed by atoms with Crippen molar-refractivity contribution < 1.29 is 14.3 Å². The van der Waals surface area contributed by atoms with Gasteiger partial charge in [-0.2, -0.15) is 0 Å². The Morgan fingerprint density at radius 3 is 2.77 bits per heavy atom. The monoisotopic (exact) mass is 339 g/mol. The number of para-hydroxylation sites is 2. The van der Waals surface area contributed by atoms with Crippen molar-refractivity contribution >= 4 is 34.1 Å². The third-order valence-corrected chi connectivity index (χ3v) is 4.50. The number of carbonyl (C=O) groups is 1. The van der Waals surface area contributed by atoms with Gasteiger partial charge in [-0.1, -0.05) is 42.2 Å². The Balaban J connectivity index is 1.96. The predicted octanol–water partition coefficient (Wildman–Crippen LogP) is 3.06. The lowest BCUT2D eigenvalue weighted by Crippen LogP contribution is -2.30. The molecule has 0 aliphatic heterocycles. The van der Waals surface area contributed by atoms with Crippen molar-refractivity contribution in [2.24, 2.45) is 0 Å². The predicted molar refractivity (Wildman–Crippen MR) is 88.0 cm³/mol. The molecule has 0 fully saturated rings. The summed E-state index contributed by atoms with van der Waals surface area (Å²) in [5.74, 6) is 1.73. The molecule has 118 valence electrons. The van der Waals surface area contributed by atoms with Gasteiger partial charge in [0.1, 0.15) is 0 Å². The van der Waals surface area contributed by atoms with Crippen LogP contribution in [0.3, 0.4) is 0 Å². The normalized spacial score (nSPS) is 11.8. The summed E-state index contributed by atoms with van der Waals surface area (Å²) in [5, 5.41) is 11.1. The van der Waals surface area contributed by atoms with Gasteiger partial charge < -0.3 is 9.47 Å². The second-order valence-electron chi connectivity index (χ2n) is 4.21. The van der Waals surface area contributed by atoms with E-state index in [1.807, 2.05) is 19.1 Å². The number of amides is 1. The van der Waals surface area contributed by atoms with Gasteiger partial charge in [0.15, 0.2) is 21.9 Å². The highest BCUT2D eigenvalue weighted by Crippen LogP contribution is 2.28. The van der Waals surface area contributed by atoms with Crippen LogP contribution in [0.4, 0.5) is 5.13 Å². The summed E-state index contributed by atoms with van der Waals surface area (Å²) < 4.78 is 11.7. The highest BCUT2D eigenvalue weighted by Gasteiger charge is 2.18. The van der Waals surface area contributed by atoms with Crippen LogP contribution >= 0.6 is 23.1 Å². The van der Waals surface area contributed by atoms with E-state index in [2.05, 4.69) is 15.5 Å². The van der Waals surface area contributed by atoms with Gasteiger partial charge in [0, 0.05) is 0 Å². The Morgan fingerprint density at radius 2 is 2.09 bits per heavy atom. The molecular weight excluding hydrogens is 322 g/mol. The molecule has 1 N–H and O–H groups in total. The lowest BCUT2D eigenvalue weighted by molar-refractivity contribution is -0.122. The topological polar surface area (TPSA) is 73.3 Å². The Morgan fingerprint density at radius 1 is 1.36 bits per heavy atom. The molecule has 2 aromatic rings. The minimum atomic E-state index is -0.678. The van der Waals surface area contributed by atoms with Crippen molar-refractivity contribution in [3.63, 3.8) is 0 Å². The summed E-state index contributed by atoms with van der Waals surface area (Å²) in [4.78, 5) is 12.1. The minimum absolute atomic E-state index is 0.282. The maximum Gasteiger partial charge on any atom is 0.266 e. The number of ether oxygens (including phenoxy) is 2. The van der Waals surface area contributed by atoms with Crippen molar-refractivity contribution in [3.05, 3.63) is 24.3 Å². The number of rotatable bonds is 7. The second kappa shape index (κ2) is 8.00. The van der Waals surface area contributed by atoms with Gasteiger partial charge in [-0.25, -0.2) is 0 Å². The highest BCUT2D eigenvalue weighted by atomic mass is 32.2. The highest BCUT2D eigenvalue weighted by molar-refractivity contribution is 8.01. The van der Waals surface area contributed by atoms with Crippen LogP contribution in [0.5, 0.6) is 11.5 Å². The number of benzene rings is 1. The standard InChI is InChI=1S/C14H17N3O3S2/c1-4-21-14-17-16-13(22-14)15-12(18)9(2)20-11-8-6-5-7-10(11)19-3/h5-9H,4H2,1-3H3,(H,15,16,18). The third-order valence-electron chi connectivity index (χ3n) is 2.65. The first-order valence-corrected chi connectivity index (χ1v) is 8.51. The fraction of sp³-hybridized carbons (Fsp3) is 0.357. The summed E-state index contributed by atoms with van der Waals surface area (Å²) in [6, 6.07) is 7.19. The molecule has 1 amide bonds. The Hall–Kier alpha value is -1.80. The van der Waals surface area contributed by atoms with E-state index >= 15 is 0 Å². The zero-order valence-corrected chi connectivity index (χ0v) is 14.2. The molecule has 1 unspecified atom stereocenters. The molecule has 0 radical (unpaired) electrons. The number of nitrogens with zero attached hydrogens (tertiary/aromatic N) is 2. The van der Waals surface area contributed by atoms with Crippen molar-refractivity contribution in [3.8, 4) is 11.5 Å². The first-order valence-electron chi connectivity index (χ1n) is 6.71. The van der Waals surface area contributed by atoms with Crippen molar-refractivity contribution in [2.45, 2.75) is 24.3 Å². The fourth-order valence-corrected chi connectivity index (χ4v) is 3.26. The molecular formula is C14H17N3O3S2.